The van der Waals surface area contributed by atoms with E-state index < -0.39 is 0 Å². The minimum Gasteiger partial charge on any atom is -1.00 e. The molecular weight excluding hydrogens is 322 g/mol. The van der Waals surface area contributed by atoms with Gasteiger partial charge in [-0.1, -0.05) is 28.1 Å². The summed E-state index contributed by atoms with van der Waals surface area (Å²) in [5.74, 6) is 3.66. The first-order valence-corrected chi connectivity index (χ1v) is 8.12. The van der Waals surface area contributed by atoms with E-state index in [9.17, 15) is 0 Å². The SMILES string of the molecule is C[NH2+]C[C@@H]1C2CCC(CC2)C1c1ccc(Br)cc1.[Cl-]. The van der Waals surface area contributed by atoms with Gasteiger partial charge < -0.3 is 17.7 Å². The Morgan fingerprint density at radius 2 is 1.63 bits per heavy atom. The van der Waals surface area contributed by atoms with Gasteiger partial charge in [0.25, 0.3) is 0 Å². The Morgan fingerprint density at radius 3 is 2.21 bits per heavy atom. The number of fused-ring (bicyclic) bond motifs is 3. The smallest absolute Gasteiger partial charge is 0.0790 e. The maximum absolute atomic E-state index is 3.55. The highest BCUT2D eigenvalue weighted by Crippen LogP contribution is 2.52. The Hall–Kier alpha value is -0.0500. The van der Waals surface area contributed by atoms with Crippen LogP contribution >= 0.6 is 15.9 Å². The number of halogens is 2. The Morgan fingerprint density at radius 1 is 1.05 bits per heavy atom. The second-order valence-corrected chi connectivity index (χ2v) is 6.98. The Labute approximate surface area is 131 Å². The average Bonchev–Trinajstić information content (AvgIpc) is 2.42. The zero-order chi connectivity index (χ0) is 12.5. The van der Waals surface area contributed by atoms with Crippen LogP contribution in [0.2, 0.25) is 0 Å². The predicted octanol–water partition coefficient (Wildman–Crippen LogP) is 0.166. The molecule has 2 bridgehead atoms. The van der Waals surface area contributed by atoms with Crippen LogP contribution in [0.5, 0.6) is 0 Å². The van der Waals surface area contributed by atoms with Gasteiger partial charge in [0.05, 0.1) is 13.6 Å². The highest BCUT2D eigenvalue weighted by Gasteiger charge is 2.44. The van der Waals surface area contributed by atoms with Gasteiger partial charge in [0.1, 0.15) is 0 Å². The summed E-state index contributed by atoms with van der Waals surface area (Å²) in [5, 5.41) is 2.39. The molecule has 3 heteroatoms. The van der Waals surface area contributed by atoms with Gasteiger partial charge in [-0.3, -0.25) is 0 Å². The van der Waals surface area contributed by atoms with E-state index in [2.05, 4.69) is 52.6 Å². The van der Waals surface area contributed by atoms with Gasteiger partial charge in [-0.05, 0) is 61.1 Å². The average molecular weight is 345 g/mol. The van der Waals surface area contributed by atoms with Crippen LogP contribution in [-0.2, 0) is 0 Å². The second-order valence-electron chi connectivity index (χ2n) is 6.06. The monoisotopic (exact) mass is 343 g/mol. The molecule has 1 aromatic carbocycles. The maximum atomic E-state index is 3.55. The molecule has 0 spiro atoms. The van der Waals surface area contributed by atoms with Crippen molar-refractivity contribution in [2.24, 2.45) is 17.8 Å². The molecule has 1 aromatic rings. The molecule has 3 saturated carbocycles. The summed E-state index contributed by atoms with van der Waals surface area (Å²) in [7, 11) is 2.22. The molecule has 1 unspecified atom stereocenters. The zero-order valence-electron chi connectivity index (χ0n) is 11.5. The summed E-state index contributed by atoms with van der Waals surface area (Å²) < 4.78 is 1.20. The van der Waals surface area contributed by atoms with E-state index in [4.69, 9.17) is 0 Å². The number of nitrogens with two attached hydrogens (primary N) is 1. The highest BCUT2D eigenvalue weighted by atomic mass is 79.9. The predicted molar refractivity (Wildman–Crippen MR) is 78.5 cm³/mol. The van der Waals surface area contributed by atoms with E-state index in [0.29, 0.717) is 0 Å². The zero-order valence-corrected chi connectivity index (χ0v) is 13.8. The summed E-state index contributed by atoms with van der Waals surface area (Å²) in [4.78, 5) is 0. The molecule has 0 amide bonds. The van der Waals surface area contributed by atoms with Crippen LogP contribution in [0.15, 0.2) is 28.7 Å². The quantitative estimate of drug-likeness (QED) is 0.805. The van der Waals surface area contributed by atoms with Crippen LogP contribution < -0.4 is 17.7 Å². The first-order chi connectivity index (χ1) is 8.79. The number of hydrogen-bond donors (Lipinski definition) is 1. The molecule has 1 nitrogen and oxygen atoms in total. The Bertz CT molecular complexity index is 398. The number of benzene rings is 1. The van der Waals surface area contributed by atoms with Crippen LogP contribution in [0.25, 0.3) is 0 Å². The van der Waals surface area contributed by atoms with Crippen LogP contribution in [0.3, 0.4) is 0 Å². The fraction of sp³-hybridized carbons (Fsp3) is 0.625. The third kappa shape index (κ3) is 3.01. The number of rotatable bonds is 3. The normalized spacial score (nSPS) is 32.9. The van der Waals surface area contributed by atoms with Crippen molar-refractivity contribution in [1.82, 2.24) is 0 Å². The lowest BCUT2D eigenvalue weighted by Gasteiger charge is -2.48. The van der Waals surface area contributed by atoms with Crippen molar-refractivity contribution in [3.63, 3.8) is 0 Å². The topological polar surface area (TPSA) is 16.6 Å². The van der Waals surface area contributed by atoms with Crippen molar-refractivity contribution in [1.29, 1.82) is 0 Å². The molecule has 0 aliphatic heterocycles. The van der Waals surface area contributed by atoms with Gasteiger partial charge in [-0.25, -0.2) is 0 Å². The molecule has 0 saturated heterocycles. The largest absolute Gasteiger partial charge is 1.00 e. The summed E-state index contributed by atoms with van der Waals surface area (Å²) in [5.41, 5.74) is 1.58. The van der Waals surface area contributed by atoms with E-state index in [1.807, 2.05) is 0 Å². The first kappa shape index (κ1) is 15.3. The van der Waals surface area contributed by atoms with E-state index in [-0.39, 0.29) is 12.4 Å². The van der Waals surface area contributed by atoms with Crippen molar-refractivity contribution >= 4 is 15.9 Å². The second kappa shape index (κ2) is 6.60. The molecule has 3 aliphatic carbocycles. The summed E-state index contributed by atoms with van der Waals surface area (Å²) >= 11 is 3.55. The fourth-order valence-electron chi connectivity index (χ4n) is 4.39. The van der Waals surface area contributed by atoms with E-state index in [1.54, 1.807) is 5.56 Å². The third-order valence-corrected chi connectivity index (χ3v) is 5.68. The van der Waals surface area contributed by atoms with Crippen molar-refractivity contribution < 1.29 is 17.7 Å². The number of quaternary nitrogens is 1. The van der Waals surface area contributed by atoms with Crippen molar-refractivity contribution in [2.45, 2.75) is 31.6 Å². The summed E-state index contributed by atoms with van der Waals surface area (Å²) in [6, 6.07) is 9.12. The van der Waals surface area contributed by atoms with Gasteiger partial charge >= 0.3 is 0 Å². The van der Waals surface area contributed by atoms with Crippen molar-refractivity contribution in [3.8, 4) is 0 Å². The van der Waals surface area contributed by atoms with Gasteiger partial charge in [0.15, 0.2) is 0 Å². The third-order valence-electron chi connectivity index (χ3n) is 5.15. The summed E-state index contributed by atoms with van der Waals surface area (Å²) in [6.45, 7) is 1.31. The molecule has 0 heterocycles. The lowest BCUT2D eigenvalue weighted by atomic mass is 9.57. The number of hydrogen-bond acceptors (Lipinski definition) is 0. The molecule has 106 valence electrons. The molecule has 4 rings (SSSR count). The van der Waals surface area contributed by atoms with Crippen LogP contribution in [0.1, 0.15) is 37.2 Å². The van der Waals surface area contributed by atoms with Crippen LogP contribution in [0, 0.1) is 17.8 Å². The molecule has 19 heavy (non-hydrogen) atoms. The van der Waals surface area contributed by atoms with Crippen molar-refractivity contribution in [2.75, 3.05) is 13.6 Å². The minimum atomic E-state index is 0. The first-order valence-electron chi connectivity index (χ1n) is 7.33. The Balaban J connectivity index is 0.00000133. The van der Waals surface area contributed by atoms with Gasteiger partial charge in [-0.15, -0.1) is 0 Å². The summed E-state index contributed by atoms with van der Waals surface area (Å²) in [6.07, 6.45) is 5.89. The minimum absolute atomic E-state index is 0. The fourth-order valence-corrected chi connectivity index (χ4v) is 4.65. The van der Waals surface area contributed by atoms with E-state index >= 15 is 0 Å². The lowest BCUT2D eigenvalue weighted by molar-refractivity contribution is -0.635. The molecule has 3 fully saturated rings. The molecular formula is C16H23BrClN. The maximum Gasteiger partial charge on any atom is 0.0790 e. The van der Waals surface area contributed by atoms with Gasteiger partial charge in [0, 0.05) is 10.4 Å². The molecule has 0 aromatic heterocycles. The molecule has 0 radical (unpaired) electrons. The highest BCUT2D eigenvalue weighted by molar-refractivity contribution is 9.10. The standard InChI is InChI=1S/C16H22BrN.ClH/c1-18-10-15-11-2-4-12(5-3-11)16(15)13-6-8-14(17)9-7-13;/h6-9,11-12,15-16,18H,2-5,10H2,1H3;1H/t11?,12?,15-,16?;/m1./s1. The van der Waals surface area contributed by atoms with Crippen molar-refractivity contribution in [3.05, 3.63) is 34.3 Å². The lowest BCUT2D eigenvalue weighted by Crippen LogP contribution is -3.00. The molecule has 2 atom stereocenters. The molecule has 2 N–H and O–H groups in total. The van der Waals surface area contributed by atoms with Gasteiger partial charge in [-0.2, -0.15) is 0 Å². The van der Waals surface area contributed by atoms with E-state index in [1.165, 1.54) is 36.7 Å². The van der Waals surface area contributed by atoms with Crippen LogP contribution in [0.4, 0.5) is 0 Å². The molecule has 3 aliphatic rings. The van der Waals surface area contributed by atoms with Crippen LogP contribution in [-0.4, -0.2) is 13.6 Å². The Kier molecular flexibility index (Phi) is 5.33. The van der Waals surface area contributed by atoms with Gasteiger partial charge in [0.2, 0.25) is 0 Å². The van der Waals surface area contributed by atoms with E-state index in [0.717, 1.165) is 23.7 Å².